The van der Waals surface area contributed by atoms with Crippen LogP contribution in [-0.2, 0) is 11.3 Å². The van der Waals surface area contributed by atoms with Gasteiger partial charge in [0.05, 0.1) is 23.8 Å². The van der Waals surface area contributed by atoms with E-state index < -0.39 is 0 Å². The van der Waals surface area contributed by atoms with Gasteiger partial charge >= 0.3 is 6.03 Å². The average molecular weight is 383 g/mol. The molecule has 0 radical (unpaired) electrons. The number of aromatic nitrogens is 1. The summed E-state index contributed by atoms with van der Waals surface area (Å²) in [7, 11) is 0. The number of carbonyl (C=O) groups is 1. The number of hydrogen-bond acceptors (Lipinski definition) is 5. The van der Waals surface area contributed by atoms with Crippen LogP contribution in [0.4, 0.5) is 9.93 Å². The van der Waals surface area contributed by atoms with E-state index in [2.05, 4.69) is 10.3 Å². The summed E-state index contributed by atoms with van der Waals surface area (Å²) in [5.74, 6) is 0.743. The van der Waals surface area contributed by atoms with E-state index in [0.717, 1.165) is 35.6 Å². The van der Waals surface area contributed by atoms with Gasteiger partial charge in [-0.25, -0.2) is 9.78 Å². The molecule has 1 unspecified atom stereocenters. The predicted octanol–water partition coefficient (Wildman–Crippen LogP) is 4.62. The number of nitrogens with zero attached hydrogens (tertiary/aromatic N) is 2. The summed E-state index contributed by atoms with van der Waals surface area (Å²) in [6.07, 6.45) is 5.48. The van der Waals surface area contributed by atoms with Crippen molar-refractivity contribution in [1.82, 2.24) is 9.88 Å². The van der Waals surface area contributed by atoms with E-state index in [1.807, 2.05) is 42.5 Å². The minimum Gasteiger partial charge on any atom is -0.467 e. The van der Waals surface area contributed by atoms with E-state index in [0.29, 0.717) is 18.2 Å². The van der Waals surface area contributed by atoms with Crippen LogP contribution >= 0.6 is 11.3 Å². The Morgan fingerprint density at radius 3 is 2.89 bits per heavy atom. The van der Waals surface area contributed by atoms with E-state index in [9.17, 15) is 4.79 Å². The molecule has 0 spiro atoms. The molecule has 1 aliphatic heterocycles. The Labute approximate surface area is 161 Å². The van der Waals surface area contributed by atoms with Gasteiger partial charge in [-0.3, -0.25) is 5.32 Å². The minimum absolute atomic E-state index is 0.0712. The van der Waals surface area contributed by atoms with Gasteiger partial charge in [0.15, 0.2) is 5.13 Å². The number of thiazole rings is 1. The van der Waals surface area contributed by atoms with Gasteiger partial charge in [0.2, 0.25) is 0 Å². The quantitative estimate of drug-likeness (QED) is 0.675. The maximum atomic E-state index is 12.9. The highest BCUT2D eigenvalue weighted by atomic mass is 32.1. The molecule has 1 saturated heterocycles. The van der Waals surface area contributed by atoms with Crippen molar-refractivity contribution < 1.29 is 13.9 Å². The molecule has 4 rings (SSSR count). The molecule has 140 valence electrons. The summed E-state index contributed by atoms with van der Waals surface area (Å²) in [5.41, 5.74) is 1.09. The number of furan rings is 1. The van der Waals surface area contributed by atoms with Gasteiger partial charge in [0.25, 0.3) is 0 Å². The number of rotatable bonds is 6. The number of anilines is 1. The van der Waals surface area contributed by atoms with Crippen LogP contribution in [-0.4, -0.2) is 35.2 Å². The van der Waals surface area contributed by atoms with Crippen LogP contribution in [0.15, 0.2) is 59.3 Å². The molecule has 0 bridgehead atoms. The maximum Gasteiger partial charge on any atom is 0.324 e. The molecule has 1 aliphatic rings. The van der Waals surface area contributed by atoms with Crippen molar-refractivity contribution in [1.29, 1.82) is 0 Å². The number of hydrogen-bond donors (Lipinski definition) is 1. The third-order valence-corrected chi connectivity index (χ3v) is 5.40. The van der Waals surface area contributed by atoms with Crippen molar-refractivity contribution in [2.45, 2.75) is 25.5 Å². The summed E-state index contributed by atoms with van der Waals surface area (Å²) >= 11 is 1.46. The Morgan fingerprint density at radius 1 is 1.26 bits per heavy atom. The standard InChI is InChI=1S/C20H21N3O3S/c24-20(22-19-21-12-18(27-19)15-6-2-1-3-7-15)23(13-16-8-4-10-25-16)14-17-9-5-11-26-17/h1-4,6-8,10,12,17H,5,9,11,13-14H2,(H,21,22,24). The van der Waals surface area contributed by atoms with Crippen LogP contribution in [0, 0.1) is 0 Å². The molecule has 1 fully saturated rings. The van der Waals surface area contributed by atoms with Crippen LogP contribution in [0.25, 0.3) is 10.4 Å². The molecule has 0 aliphatic carbocycles. The van der Waals surface area contributed by atoms with Gasteiger partial charge in [-0.15, -0.1) is 0 Å². The second-order valence-corrected chi connectivity index (χ2v) is 7.45. The van der Waals surface area contributed by atoms with E-state index in [4.69, 9.17) is 9.15 Å². The number of urea groups is 1. The van der Waals surface area contributed by atoms with Gasteiger partial charge < -0.3 is 14.1 Å². The van der Waals surface area contributed by atoms with Crippen LogP contribution in [0.5, 0.6) is 0 Å². The molecule has 2 aromatic heterocycles. The number of carbonyl (C=O) groups excluding carboxylic acids is 1. The van der Waals surface area contributed by atoms with Crippen molar-refractivity contribution in [3.63, 3.8) is 0 Å². The van der Waals surface area contributed by atoms with Crippen LogP contribution in [0.1, 0.15) is 18.6 Å². The lowest BCUT2D eigenvalue weighted by Crippen LogP contribution is -2.39. The Morgan fingerprint density at radius 2 is 2.15 bits per heavy atom. The number of benzene rings is 1. The summed E-state index contributed by atoms with van der Waals surface area (Å²) in [6, 6.07) is 13.5. The smallest absolute Gasteiger partial charge is 0.324 e. The van der Waals surface area contributed by atoms with E-state index >= 15 is 0 Å². The Balaban J connectivity index is 1.45. The molecule has 3 heterocycles. The molecule has 6 nitrogen and oxygen atoms in total. The SMILES string of the molecule is O=C(Nc1ncc(-c2ccccc2)s1)N(Cc1ccco1)CC1CCCO1. The zero-order valence-electron chi connectivity index (χ0n) is 14.8. The largest absolute Gasteiger partial charge is 0.467 e. The van der Waals surface area contributed by atoms with Crippen molar-refractivity contribution in [2.75, 3.05) is 18.5 Å². The molecular weight excluding hydrogens is 362 g/mol. The van der Waals surface area contributed by atoms with Crippen LogP contribution in [0.3, 0.4) is 0 Å². The minimum atomic E-state index is -0.198. The highest BCUT2D eigenvalue weighted by Gasteiger charge is 2.24. The summed E-state index contributed by atoms with van der Waals surface area (Å²) in [4.78, 5) is 19.9. The summed E-state index contributed by atoms with van der Waals surface area (Å²) in [5, 5.41) is 3.50. The molecule has 7 heteroatoms. The first-order chi connectivity index (χ1) is 13.3. The van der Waals surface area contributed by atoms with Crippen LogP contribution in [0.2, 0.25) is 0 Å². The Hall–Kier alpha value is -2.64. The van der Waals surface area contributed by atoms with Gasteiger partial charge in [0.1, 0.15) is 5.76 Å². The molecule has 1 N–H and O–H groups in total. The zero-order chi connectivity index (χ0) is 18.5. The maximum absolute atomic E-state index is 12.9. The van der Waals surface area contributed by atoms with E-state index in [1.165, 1.54) is 11.3 Å². The van der Waals surface area contributed by atoms with Crippen molar-refractivity contribution >= 4 is 22.5 Å². The number of nitrogens with one attached hydrogen (secondary N) is 1. The van der Waals surface area contributed by atoms with Crippen molar-refractivity contribution in [2.24, 2.45) is 0 Å². The lowest BCUT2D eigenvalue weighted by Gasteiger charge is -2.24. The van der Waals surface area contributed by atoms with Gasteiger partial charge in [0, 0.05) is 19.3 Å². The summed E-state index contributed by atoms with van der Waals surface area (Å²) in [6.45, 7) is 1.69. The zero-order valence-corrected chi connectivity index (χ0v) is 15.7. The number of ether oxygens (including phenoxy) is 1. The molecular formula is C20H21N3O3S. The van der Waals surface area contributed by atoms with Crippen molar-refractivity contribution in [3.8, 4) is 10.4 Å². The lowest BCUT2D eigenvalue weighted by atomic mass is 10.2. The fourth-order valence-electron chi connectivity index (χ4n) is 3.08. The highest BCUT2D eigenvalue weighted by Crippen LogP contribution is 2.29. The fraction of sp³-hybridized carbons (Fsp3) is 0.300. The molecule has 3 aromatic rings. The second-order valence-electron chi connectivity index (χ2n) is 6.42. The third kappa shape index (κ3) is 4.56. The first-order valence-electron chi connectivity index (χ1n) is 8.99. The Bertz CT molecular complexity index is 858. The lowest BCUT2D eigenvalue weighted by molar-refractivity contribution is 0.0803. The van der Waals surface area contributed by atoms with Crippen LogP contribution < -0.4 is 5.32 Å². The van der Waals surface area contributed by atoms with Gasteiger partial charge in [-0.2, -0.15) is 0 Å². The first-order valence-corrected chi connectivity index (χ1v) is 9.81. The summed E-state index contributed by atoms with van der Waals surface area (Å²) < 4.78 is 11.1. The topological polar surface area (TPSA) is 67.6 Å². The van der Waals surface area contributed by atoms with E-state index in [-0.39, 0.29) is 12.1 Å². The molecule has 1 atom stereocenters. The van der Waals surface area contributed by atoms with Gasteiger partial charge in [-0.1, -0.05) is 41.7 Å². The highest BCUT2D eigenvalue weighted by molar-refractivity contribution is 7.19. The van der Waals surface area contributed by atoms with E-state index in [1.54, 1.807) is 17.4 Å². The monoisotopic (exact) mass is 383 g/mol. The number of amides is 2. The third-order valence-electron chi connectivity index (χ3n) is 4.44. The molecule has 1 aromatic carbocycles. The average Bonchev–Trinajstić information content (AvgIpc) is 3.45. The van der Waals surface area contributed by atoms with Crippen molar-refractivity contribution in [3.05, 3.63) is 60.7 Å². The molecule has 27 heavy (non-hydrogen) atoms. The fourth-order valence-corrected chi connectivity index (χ4v) is 3.89. The first kappa shape index (κ1) is 17.8. The predicted molar refractivity (Wildman–Crippen MR) is 105 cm³/mol. The van der Waals surface area contributed by atoms with Gasteiger partial charge in [-0.05, 0) is 30.5 Å². The molecule has 2 amide bonds. The Kier molecular flexibility index (Phi) is 5.50. The normalized spacial score (nSPS) is 16.4. The second kappa shape index (κ2) is 8.37. The molecule has 0 saturated carbocycles.